The zero-order chi connectivity index (χ0) is 16.7. The van der Waals surface area contributed by atoms with Crippen molar-refractivity contribution in [2.24, 2.45) is 0 Å². The normalized spacial score (nSPS) is 17.1. The summed E-state index contributed by atoms with van der Waals surface area (Å²) in [6.07, 6.45) is 2.17. The van der Waals surface area contributed by atoms with Crippen molar-refractivity contribution in [3.8, 4) is 0 Å². The first-order chi connectivity index (χ1) is 10.5. The molecule has 1 aromatic rings. The second-order valence-corrected chi connectivity index (χ2v) is 6.17. The number of nitrogens with two attached hydrogens (primary N) is 1. The van der Waals surface area contributed by atoms with Crippen LogP contribution in [0.5, 0.6) is 0 Å². The number of aromatic nitrogens is 1. The van der Waals surface area contributed by atoms with Crippen molar-refractivity contribution in [1.29, 1.82) is 0 Å². The van der Waals surface area contributed by atoms with E-state index in [9.17, 15) is 9.59 Å². The van der Waals surface area contributed by atoms with E-state index in [1.54, 1.807) is 6.08 Å². The summed E-state index contributed by atoms with van der Waals surface area (Å²) in [6, 6.07) is -0.325. The van der Waals surface area contributed by atoms with Gasteiger partial charge >= 0.3 is 4.87 Å². The van der Waals surface area contributed by atoms with Crippen LogP contribution in [0.15, 0.2) is 17.4 Å². The summed E-state index contributed by atoms with van der Waals surface area (Å²) < 4.78 is 1.14. The second kappa shape index (κ2) is 9.02. The number of nitrogen functional groups attached to an aromatic ring is 1. The summed E-state index contributed by atoms with van der Waals surface area (Å²) in [5, 5.41) is 3.88. The molecule has 0 saturated carbocycles. The van der Waals surface area contributed by atoms with Gasteiger partial charge in [-0.3, -0.25) is 19.3 Å². The van der Waals surface area contributed by atoms with Crippen molar-refractivity contribution in [2.75, 3.05) is 33.1 Å². The third-order valence-corrected chi connectivity index (χ3v) is 4.03. The Hall–Kier alpha value is -1.25. The predicted octanol–water partition coefficient (Wildman–Crippen LogP) is -0.318. The molecule has 1 unspecified atom stereocenters. The molecule has 8 nitrogen and oxygen atoms in total. The molecule has 0 aliphatic carbocycles. The van der Waals surface area contributed by atoms with Crippen LogP contribution in [0.2, 0.25) is 0 Å². The molecule has 0 fully saturated rings. The molecule has 0 saturated heterocycles. The van der Waals surface area contributed by atoms with Crippen LogP contribution in [0.3, 0.4) is 0 Å². The summed E-state index contributed by atoms with van der Waals surface area (Å²) in [6.45, 7) is 4.93. The number of likely N-dealkylation sites (N-methyl/N-ethyl adjacent to an activating group) is 1. The van der Waals surface area contributed by atoms with Gasteiger partial charge in [0.15, 0.2) is 0 Å². The Morgan fingerprint density at radius 1 is 1.68 bits per heavy atom. The molecule has 10 heteroatoms. The molecule has 1 aliphatic rings. The predicted molar refractivity (Wildman–Crippen MR) is 90.6 cm³/mol. The van der Waals surface area contributed by atoms with Crippen LogP contribution in [0, 0.1) is 0 Å². The molecule has 1 aromatic heterocycles. The first-order valence-electron chi connectivity index (χ1n) is 6.53. The number of amides is 1. The molecular formula is C12H22N5O3PS. The zero-order valence-electron chi connectivity index (χ0n) is 12.7. The van der Waals surface area contributed by atoms with E-state index in [1.807, 2.05) is 19.0 Å². The number of carbonyl (C=O) groups excluding carboxylic acids is 1. The standard InChI is InChI=1S/C11H16N4O3S.CH6NP/c1-3-4-18-14(7-16)8-5-13(2)6-9-10(8)19-11(17)15(9)12;1-2-3/h3,7-8H,1,4-6,12H2,2H3;2H,3H2,1H3/t8-;/m0./s1. The lowest BCUT2D eigenvalue weighted by atomic mass is 10.1. The van der Waals surface area contributed by atoms with Gasteiger partial charge in [-0.2, -0.15) is 0 Å². The summed E-state index contributed by atoms with van der Waals surface area (Å²) in [4.78, 5) is 30.6. The van der Waals surface area contributed by atoms with E-state index in [0.717, 1.165) is 26.6 Å². The average molecular weight is 347 g/mol. The number of nitrogens with zero attached hydrogens (tertiary/aromatic N) is 3. The summed E-state index contributed by atoms with van der Waals surface area (Å²) in [5.41, 5.74) is 0.725. The Morgan fingerprint density at radius 3 is 2.86 bits per heavy atom. The lowest BCUT2D eigenvalue weighted by Gasteiger charge is -2.34. The number of rotatable bonds is 5. The quantitative estimate of drug-likeness (QED) is 0.249. The fourth-order valence-corrected chi connectivity index (χ4v) is 3.06. The van der Waals surface area contributed by atoms with E-state index < -0.39 is 0 Å². The lowest BCUT2D eigenvalue weighted by molar-refractivity contribution is -0.185. The van der Waals surface area contributed by atoms with Crippen LogP contribution < -0.4 is 15.8 Å². The second-order valence-electron chi connectivity index (χ2n) is 4.60. The highest BCUT2D eigenvalue weighted by Crippen LogP contribution is 2.31. The molecule has 2 heterocycles. The highest BCUT2D eigenvalue weighted by Gasteiger charge is 2.33. The fraction of sp³-hybridized carbons (Fsp3) is 0.500. The molecule has 2 rings (SSSR count). The van der Waals surface area contributed by atoms with Crippen molar-refractivity contribution in [1.82, 2.24) is 19.7 Å². The van der Waals surface area contributed by atoms with Crippen molar-refractivity contribution in [3.63, 3.8) is 0 Å². The average Bonchev–Trinajstić information content (AvgIpc) is 2.76. The molecule has 3 N–H and O–H groups in total. The minimum absolute atomic E-state index is 0.229. The molecule has 0 aromatic carbocycles. The highest BCUT2D eigenvalue weighted by molar-refractivity contribution is 7.13. The maximum atomic E-state index is 11.7. The maximum absolute atomic E-state index is 11.7. The SMILES string of the molecule is C=CCON(C=O)[C@H]1CN(C)Cc2c1sc(=O)n2N.CNP. The van der Waals surface area contributed by atoms with Gasteiger partial charge in [0.1, 0.15) is 6.04 Å². The topological polar surface area (TPSA) is 92.8 Å². The first-order valence-corrected chi connectivity index (χ1v) is 7.92. The van der Waals surface area contributed by atoms with E-state index in [0.29, 0.717) is 19.5 Å². The smallest absolute Gasteiger partial charge is 0.325 e. The van der Waals surface area contributed by atoms with Gasteiger partial charge in [-0.25, -0.2) is 9.74 Å². The van der Waals surface area contributed by atoms with Gasteiger partial charge in [-0.15, -0.1) is 6.58 Å². The third-order valence-electron chi connectivity index (χ3n) is 2.93. The number of thiazole rings is 1. The van der Waals surface area contributed by atoms with Crippen molar-refractivity contribution in [3.05, 3.63) is 32.9 Å². The van der Waals surface area contributed by atoms with Crippen molar-refractivity contribution in [2.45, 2.75) is 12.6 Å². The number of fused-ring (bicyclic) bond motifs is 1. The molecule has 22 heavy (non-hydrogen) atoms. The molecule has 0 bridgehead atoms. The maximum Gasteiger partial charge on any atom is 0.325 e. The van der Waals surface area contributed by atoms with Gasteiger partial charge in [-0.05, 0) is 14.1 Å². The van der Waals surface area contributed by atoms with Crippen LogP contribution in [-0.2, 0) is 16.2 Å². The number of hydrogen-bond donors (Lipinski definition) is 2. The van der Waals surface area contributed by atoms with Gasteiger partial charge in [0, 0.05) is 13.1 Å². The molecule has 0 spiro atoms. The third kappa shape index (κ3) is 4.37. The van der Waals surface area contributed by atoms with Crippen LogP contribution in [0.25, 0.3) is 0 Å². The van der Waals surface area contributed by atoms with Gasteiger partial charge in [0.2, 0.25) is 6.41 Å². The zero-order valence-corrected chi connectivity index (χ0v) is 14.7. The molecular weight excluding hydrogens is 325 g/mol. The van der Waals surface area contributed by atoms with Crippen molar-refractivity contribution >= 4 is 27.1 Å². The van der Waals surface area contributed by atoms with E-state index in [2.05, 4.69) is 21.1 Å². The Morgan fingerprint density at radius 2 is 2.32 bits per heavy atom. The van der Waals surface area contributed by atoms with Crippen LogP contribution in [0.1, 0.15) is 16.6 Å². The molecule has 1 aliphatic heterocycles. The molecule has 2 atom stereocenters. The lowest BCUT2D eigenvalue weighted by Crippen LogP contribution is -2.41. The van der Waals surface area contributed by atoms with E-state index in [-0.39, 0.29) is 17.5 Å². The number of hydrogen-bond acceptors (Lipinski definition) is 7. The Labute approximate surface area is 135 Å². The monoisotopic (exact) mass is 347 g/mol. The summed E-state index contributed by atoms with van der Waals surface area (Å²) in [7, 11) is 6.06. The molecule has 1 amide bonds. The summed E-state index contributed by atoms with van der Waals surface area (Å²) in [5.74, 6) is 5.71. The first kappa shape index (κ1) is 18.8. The van der Waals surface area contributed by atoms with Gasteiger partial charge < -0.3 is 10.9 Å². The molecule has 0 radical (unpaired) electrons. The number of carbonyl (C=O) groups is 1. The Balaban J connectivity index is 0.000000745. The van der Waals surface area contributed by atoms with Gasteiger partial charge in [0.25, 0.3) is 0 Å². The Kier molecular flexibility index (Phi) is 7.70. The highest BCUT2D eigenvalue weighted by atomic mass is 32.1. The number of hydroxylamine groups is 2. The minimum atomic E-state index is -0.325. The van der Waals surface area contributed by atoms with Gasteiger partial charge in [0.05, 0.1) is 17.2 Å². The fourth-order valence-electron chi connectivity index (χ4n) is 2.07. The van der Waals surface area contributed by atoms with E-state index in [4.69, 9.17) is 10.7 Å². The van der Waals surface area contributed by atoms with E-state index in [1.165, 1.54) is 5.06 Å². The number of nitrogens with one attached hydrogen (secondary N) is 1. The Bertz CT molecular complexity index is 561. The van der Waals surface area contributed by atoms with Crippen LogP contribution in [0.4, 0.5) is 0 Å². The summed E-state index contributed by atoms with van der Waals surface area (Å²) >= 11 is 1.05. The minimum Gasteiger partial charge on any atom is -0.335 e. The van der Waals surface area contributed by atoms with Crippen molar-refractivity contribution < 1.29 is 9.63 Å². The van der Waals surface area contributed by atoms with Crippen LogP contribution >= 0.6 is 20.7 Å². The largest absolute Gasteiger partial charge is 0.335 e. The molecule has 124 valence electrons. The van der Waals surface area contributed by atoms with Gasteiger partial charge in [-0.1, -0.05) is 26.8 Å². The van der Waals surface area contributed by atoms with E-state index >= 15 is 0 Å². The van der Waals surface area contributed by atoms with Crippen LogP contribution in [-0.4, -0.2) is 48.3 Å².